The Bertz CT molecular complexity index is 986. The van der Waals surface area contributed by atoms with Crippen molar-refractivity contribution in [1.82, 2.24) is 15.3 Å². The van der Waals surface area contributed by atoms with Crippen LogP contribution in [0.4, 0.5) is 17.2 Å². The van der Waals surface area contributed by atoms with Crippen molar-refractivity contribution in [3.05, 3.63) is 77.7 Å². The van der Waals surface area contributed by atoms with Gasteiger partial charge in [-0.15, -0.1) is 0 Å². The Morgan fingerprint density at radius 3 is 2.46 bits per heavy atom. The molecule has 3 aromatic rings. The topological polar surface area (TPSA) is 96.0 Å². The zero-order valence-corrected chi connectivity index (χ0v) is 15.7. The van der Waals surface area contributed by atoms with E-state index in [-0.39, 0.29) is 17.5 Å². The molecule has 0 saturated carbocycles. The molecule has 0 fully saturated rings. The average molecular weight is 375 g/mol. The zero-order chi connectivity index (χ0) is 19.9. The second kappa shape index (κ2) is 8.77. The molecule has 3 N–H and O–H groups in total. The summed E-state index contributed by atoms with van der Waals surface area (Å²) in [6.45, 7) is 3.89. The third-order valence-electron chi connectivity index (χ3n) is 4.04. The number of hydrogen-bond acceptors (Lipinski definition) is 5. The van der Waals surface area contributed by atoms with Crippen molar-refractivity contribution in [2.75, 3.05) is 10.6 Å². The summed E-state index contributed by atoms with van der Waals surface area (Å²) in [5, 5.41) is 8.66. The third kappa shape index (κ3) is 5.14. The van der Waals surface area contributed by atoms with Gasteiger partial charge in [0.15, 0.2) is 0 Å². The summed E-state index contributed by atoms with van der Waals surface area (Å²) < 4.78 is 0. The van der Waals surface area contributed by atoms with Crippen molar-refractivity contribution in [2.24, 2.45) is 0 Å². The Morgan fingerprint density at radius 1 is 0.964 bits per heavy atom. The first kappa shape index (κ1) is 19.0. The Kier molecular flexibility index (Phi) is 5.96. The van der Waals surface area contributed by atoms with Gasteiger partial charge >= 0.3 is 0 Å². The predicted octanol–water partition coefficient (Wildman–Crippen LogP) is 3.42. The standard InChI is InChI=1S/C21H21N5O2/c1-14-6-3-4-7-16(14)11-24-21(28)19-12-23-20(13-22-19)26-18-9-5-8-17(10-18)25-15(2)27/h3-10,12-13H,11H2,1-2H3,(H,23,26)(H,24,28)(H,25,27). The van der Waals surface area contributed by atoms with Crippen molar-refractivity contribution in [3.8, 4) is 0 Å². The fourth-order valence-electron chi connectivity index (χ4n) is 2.61. The number of amides is 2. The lowest BCUT2D eigenvalue weighted by Crippen LogP contribution is -2.24. The predicted molar refractivity (Wildman–Crippen MR) is 108 cm³/mol. The van der Waals surface area contributed by atoms with Crippen molar-refractivity contribution < 1.29 is 9.59 Å². The fourth-order valence-corrected chi connectivity index (χ4v) is 2.61. The molecule has 0 unspecified atom stereocenters. The highest BCUT2D eigenvalue weighted by Crippen LogP contribution is 2.18. The van der Waals surface area contributed by atoms with Crippen molar-refractivity contribution in [2.45, 2.75) is 20.4 Å². The van der Waals surface area contributed by atoms with Crippen LogP contribution in [-0.4, -0.2) is 21.8 Å². The summed E-state index contributed by atoms with van der Waals surface area (Å²) in [7, 11) is 0. The maximum absolute atomic E-state index is 12.3. The molecule has 28 heavy (non-hydrogen) atoms. The summed E-state index contributed by atoms with van der Waals surface area (Å²) in [6, 6.07) is 15.1. The summed E-state index contributed by atoms with van der Waals surface area (Å²) >= 11 is 0. The number of carbonyl (C=O) groups excluding carboxylic acids is 2. The van der Waals surface area contributed by atoms with Crippen LogP contribution in [0.3, 0.4) is 0 Å². The van der Waals surface area contributed by atoms with E-state index in [1.807, 2.05) is 43.3 Å². The minimum Gasteiger partial charge on any atom is -0.347 e. The molecule has 0 saturated heterocycles. The maximum atomic E-state index is 12.3. The van der Waals surface area contributed by atoms with Crippen LogP contribution >= 0.6 is 0 Å². The fraction of sp³-hybridized carbons (Fsp3) is 0.143. The van der Waals surface area contributed by atoms with Gasteiger partial charge in [0, 0.05) is 24.8 Å². The van der Waals surface area contributed by atoms with Gasteiger partial charge in [-0.25, -0.2) is 9.97 Å². The molecule has 0 radical (unpaired) electrons. The third-order valence-corrected chi connectivity index (χ3v) is 4.04. The molecule has 3 rings (SSSR count). The first-order valence-electron chi connectivity index (χ1n) is 8.81. The number of benzene rings is 2. The Labute approximate surface area is 163 Å². The van der Waals surface area contributed by atoms with E-state index in [0.29, 0.717) is 18.1 Å². The van der Waals surface area contributed by atoms with E-state index in [0.717, 1.165) is 16.8 Å². The lowest BCUT2D eigenvalue weighted by atomic mass is 10.1. The molecule has 1 aromatic heterocycles. The number of nitrogens with zero attached hydrogens (tertiary/aromatic N) is 2. The van der Waals surface area contributed by atoms with Crippen LogP contribution in [0.25, 0.3) is 0 Å². The first-order chi connectivity index (χ1) is 13.5. The molecule has 7 nitrogen and oxygen atoms in total. The quantitative estimate of drug-likeness (QED) is 0.613. The number of rotatable bonds is 6. The monoisotopic (exact) mass is 375 g/mol. The molecule has 0 aliphatic heterocycles. The minimum atomic E-state index is -0.282. The zero-order valence-electron chi connectivity index (χ0n) is 15.7. The van der Waals surface area contributed by atoms with Gasteiger partial charge in [0.1, 0.15) is 11.5 Å². The lowest BCUT2D eigenvalue weighted by molar-refractivity contribution is -0.114. The normalized spacial score (nSPS) is 10.2. The van der Waals surface area contributed by atoms with Crippen LogP contribution in [0.15, 0.2) is 60.9 Å². The summed E-state index contributed by atoms with van der Waals surface area (Å²) in [6.07, 6.45) is 2.92. The molecule has 0 aliphatic carbocycles. The van der Waals surface area contributed by atoms with Gasteiger partial charge in [-0.1, -0.05) is 30.3 Å². The molecule has 7 heteroatoms. The van der Waals surface area contributed by atoms with E-state index < -0.39 is 0 Å². The number of aromatic nitrogens is 2. The highest BCUT2D eigenvalue weighted by Gasteiger charge is 2.09. The molecular formula is C21H21N5O2. The summed E-state index contributed by atoms with van der Waals surface area (Å²) in [5.41, 5.74) is 3.84. The van der Waals surface area contributed by atoms with Crippen LogP contribution in [0.2, 0.25) is 0 Å². The van der Waals surface area contributed by atoms with Crippen LogP contribution in [-0.2, 0) is 11.3 Å². The van der Waals surface area contributed by atoms with Gasteiger partial charge in [-0.2, -0.15) is 0 Å². The molecule has 0 atom stereocenters. The first-order valence-corrected chi connectivity index (χ1v) is 8.81. The lowest BCUT2D eigenvalue weighted by Gasteiger charge is -2.09. The largest absolute Gasteiger partial charge is 0.347 e. The van der Waals surface area contributed by atoms with Crippen LogP contribution < -0.4 is 16.0 Å². The van der Waals surface area contributed by atoms with E-state index >= 15 is 0 Å². The van der Waals surface area contributed by atoms with Gasteiger partial charge in [0.2, 0.25) is 5.91 Å². The molecule has 2 amide bonds. The average Bonchev–Trinajstić information content (AvgIpc) is 2.67. The molecule has 0 spiro atoms. The van der Waals surface area contributed by atoms with Gasteiger partial charge in [-0.05, 0) is 36.2 Å². The second-order valence-electron chi connectivity index (χ2n) is 6.28. The summed E-state index contributed by atoms with van der Waals surface area (Å²) in [5.74, 6) is 0.0726. The molecule has 0 aliphatic rings. The Balaban J connectivity index is 1.61. The molecule has 1 heterocycles. The number of carbonyl (C=O) groups is 2. The van der Waals surface area contributed by atoms with E-state index in [9.17, 15) is 9.59 Å². The molecular weight excluding hydrogens is 354 g/mol. The van der Waals surface area contributed by atoms with Crippen molar-refractivity contribution in [3.63, 3.8) is 0 Å². The maximum Gasteiger partial charge on any atom is 0.271 e. The Morgan fingerprint density at radius 2 is 1.75 bits per heavy atom. The Hall–Kier alpha value is -3.74. The van der Waals surface area contributed by atoms with Crippen molar-refractivity contribution >= 4 is 29.0 Å². The van der Waals surface area contributed by atoms with Crippen LogP contribution in [0.1, 0.15) is 28.5 Å². The van der Waals surface area contributed by atoms with Crippen LogP contribution in [0, 0.1) is 6.92 Å². The van der Waals surface area contributed by atoms with E-state index in [4.69, 9.17) is 0 Å². The molecule has 2 aromatic carbocycles. The summed E-state index contributed by atoms with van der Waals surface area (Å²) in [4.78, 5) is 31.8. The van der Waals surface area contributed by atoms with Gasteiger partial charge in [0.25, 0.3) is 5.91 Å². The number of hydrogen-bond donors (Lipinski definition) is 3. The second-order valence-corrected chi connectivity index (χ2v) is 6.28. The van der Waals surface area contributed by atoms with Gasteiger partial charge < -0.3 is 16.0 Å². The van der Waals surface area contributed by atoms with Crippen LogP contribution in [0.5, 0.6) is 0 Å². The number of nitrogens with one attached hydrogen (secondary N) is 3. The molecule has 142 valence electrons. The SMILES string of the molecule is CC(=O)Nc1cccc(Nc2cnc(C(=O)NCc3ccccc3C)cn2)c1. The van der Waals surface area contributed by atoms with Gasteiger partial charge in [0.05, 0.1) is 12.4 Å². The molecule has 0 bridgehead atoms. The van der Waals surface area contributed by atoms with E-state index in [2.05, 4.69) is 25.9 Å². The highest BCUT2D eigenvalue weighted by molar-refractivity contribution is 5.92. The van der Waals surface area contributed by atoms with Crippen molar-refractivity contribution in [1.29, 1.82) is 0 Å². The number of aryl methyl sites for hydroxylation is 1. The number of anilines is 3. The van der Waals surface area contributed by atoms with E-state index in [1.54, 1.807) is 12.1 Å². The van der Waals surface area contributed by atoms with E-state index in [1.165, 1.54) is 19.3 Å². The highest BCUT2D eigenvalue weighted by atomic mass is 16.2. The minimum absolute atomic E-state index is 0.141. The van der Waals surface area contributed by atoms with Gasteiger partial charge in [-0.3, -0.25) is 9.59 Å². The smallest absolute Gasteiger partial charge is 0.271 e.